The van der Waals surface area contributed by atoms with Crippen LogP contribution in [-0.4, -0.2) is 37.7 Å². The summed E-state index contributed by atoms with van der Waals surface area (Å²) in [5, 5.41) is 2.60. The zero-order valence-electron chi connectivity index (χ0n) is 15.9. The third-order valence-electron chi connectivity index (χ3n) is 5.28. The van der Waals surface area contributed by atoms with Gasteiger partial charge in [0, 0.05) is 13.1 Å². The monoisotopic (exact) mass is 395 g/mol. The van der Waals surface area contributed by atoms with Gasteiger partial charge in [0.1, 0.15) is 11.9 Å². The van der Waals surface area contributed by atoms with Crippen molar-refractivity contribution in [3.05, 3.63) is 72.1 Å². The van der Waals surface area contributed by atoms with E-state index in [2.05, 4.69) is 24.0 Å². The molecule has 2 aromatic rings. The van der Waals surface area contributed by atoms with Crippen molar-refractivity contribution < 1.29 is 18.7 Å². The van der Waals surface area contributed by atoms with E-state index in [-0.39, 0.29) is 24.8 Å². The maximum absolute atomic E-state index is 14.9. The third kappa shape index (κ3) is 3.94. The fourth-order valence-corrected chi connectivity index (χ4v) is 3.75. The van der Waals surface area contributed by atoms with Gasteiger partial charge in [-0.3, -0.25) is 9.69 Å². The number of anilines is 2. The number of hydrogen-bond donors (Lipinski definition) is 1. The fraction of sp³-hybridized carbons (Fsp3) is 0.273. The molecule has 4 rings (SSSR count). The lowest BCUT2D eigenvalue weighted by Crippen LogP contribution is -2.33. The minimum Gasteiger partial charge on any atom is -0.442 e. The van der Waals surface area contributed by atoms with Crippen LogP contribution in [0.4, 0.5) is 20.6 Å². The Morgan fingerprint density at radius 1 is 1.28 bits per heavy atom. The molecule has 2 aliphatic rings. The molecular weight excluding hydrogens is 373 g/mol. The summed E-state index contributed by atoms with van der Waals surface area (Å²) in [7, 11) is 0. The predicted molar refractivity (Wildman–Crippen MR) is 108 cm³/mol. The first-order valence-electron chi connectivity index (χ1n) is 9.55. The van der Waals surface area contributed by atoms with Gasteiger partial charge in [-0.2, -0.15) is 0 Å². The second-order valence-electron chi connectivity index (χ2n) is 7.14. The van der Waals surface area contributed by atoms with Gasteiger partial charge in [0.25, 0.3) is 0 Å². The molecule has 1 unspecified atom stereocenters. The zero-order chi connectivity index (χ0) is 20.4. The number of halogens is 1. The second-order valence-corrected chi connectivity index (χ2v) is 7.14. The average Bonchev–Trinajstić information content (AvgIpc) is 3.12. The highest BCUT2D eigenvalue weighted by molar-refractivity contribution is 5.90. The highest BCUT2D eigenvalue weighted by Crippen LogP contribution is 2.30. The highest BCUT2D eigenvalue weighted by Gasteiger charge is 2.33. The van der Waals surface area contributed by atoms with Crippen LogP contribution in [0.15, 0.2) is 55.1 Å². The van der Waals surface area contributed by atoms with Crippen LogP contribution in [0, 0.1) is 5.82 Å². The number of ether oxygens (including phenoxy) is 1. The van der Waals surface area contributed by atoms with Crippen LogP contribution >= 0.6 is 0 Å². The first kappa shape index (κ1) is 19.0. The van der Waals surface area contributed by atoms with Gasteiger partial charge in [-0.15, -0.1) is 0 Å². The summed E-state index contributed by atoms with van der Waals surface area (Å²) < 4.78 is 20.2. The molecule has 0 aliphatic carbocycles. The van der Waals surface area contributed by atoms with Crippen LogP contribution < -0.4 is 15.1 Å². The summed E-state index contributed by atoms with van der Waals surface area (Å²) in [6.45, 7) is 5.20. The number of carbonyl (C=O) groups is 2. The number of fused-ring (bicyclic) bond motifs is 1. The molecule has 0 bridgehead atoms. The van der Waals surface area contributed by atoms with Crippen LogP contribution in [0.2, 0.25) is 0 Å². The van der Waals surface area contributed by atoms with Crippen LogP contribution in [-0.2, 0) is 22.5 Å². The first-order valence-corrected chi connectivity index (χ1v) is 9.55. The number of benzene rings is 2. The number of amides is 2. The lowest BCUT2D eigenvalue weighted by atomic mass is 9.99. The Morgan fingerprint density at radius 3 is 2.83 bits per heavy atom. The van der Waals surface area contributed by atoms with E-state index in [1.54, 1.807) is 12.1 Å². The number of nitrogens with one attached hydrogen (secondary N) is 1. The number of rotatable bonds is 5. The Labute approximate surface area is 168 Å². The van der Waals surface area contributed by atoms with Gasteiger partial charge in [0.05, 0.1) is 24.5 Å². The quantitative estimate of drug-likeness (QED) is 0.791. The van der Waals surface area contributed by atoms with E-state index >= 15 is 0 Å². The molecule has 0 radical (unpaired) electrons. The molecule has 1 N–H and O–H groups in total. The minimum absolute atomic E-state index is 0.181. The number of hydrogen-bond acceptors (Lipinski definition) is 4. The molecule has 0 saturated carbocycles. The molecule has 2 aliphatic heterocycles. The van der Waals surface area contributed by atoms with Crippen LogP contribution in [0.5, 0.6) is 0 Å². The smallest absolute Gasteiger partial charge is 0.414 e. The number of cyclic esters (lactones) is 1. The van der Waals surface area contributed by atoms with Crippen molar-refractivity contribution in [3.63, 3.8) is 0 Å². The van der Waals surface area contributed by atoms with Crippen LogP contribution in [0.3, 0.4) is 0 Å². The van der Waals surface area contributed by atoms with Crippen LogP contribution in [0.1, 0.15) is 11.1 Å². The van der Waals surface area contributed by atoms with Crippen molar-refractivity contribution in [3.8, 4) is 0 Å². The normalized spacial score (nSPS) is 18.2. The van der Waals surface area contributed by atoms with Crippen molar-refractivity contribution in [2.45, 2.75) is 19.1 Å². The Morgan fingerprint density at radius 2 is 2.07 bits per heavy atom. The molecule has 150 valence electrons. The zero-order valence-corrected chi connectivity index (χ0v) is 15.9. The molecule has 2 heterocycles. The molecule has 7 heteroatoms. The lowest BCUT2D eigenvalue weighted by molar-refractivity contribution is -0.116. The molecule has 1 fully saturated rings. The van der Waals surface area contributed by atoms with Gasteiger partial charge in [-0.1, -0.05) is 30.8 Å². The SMILES string of the molecule is C=CC(=O)NCC1CN(c2ccc(N3CCc4ccccc4C3)c(F)c2)C(=O)O1. The van der Waals surface area contributed by atoms with E-state index in [1.165, 1.54) is 22.1 Å². The van der Waals surface area contributed by atoms with Gasteiger partial charge < -0.3 is 15.0 Å². The maximum atomic E-state index is 14.9. The van der Waals surface area contributed by atoms with E-state index in [1.807, 2.05) is 17.0 Å². The van der Waals surface area contributed by atoms with Gasteiger partial charge in [-0.25, -0.2) is 9.18 Å². The van der Waals surface area contributed by atoms with E-state index in [0.717, 1.165) is 19.0 Å². The van der Waals surface area contributed by atoms with Crippen molar-refractivity contribution in [2.24, 2.45) is 0 Å². The van der Waals surface area contributed by atoms with E-state index in [0.29, 0.717) is 17.9 Å². The van der Waals surface area contributed by atoms with Crippen molar-refractivity contribution in [1.29, 1.82) is 0 Å². The first-order chi connectivity index (χ1) is 14.0. The lowest BCUT2D eigenvalue weighted by Gasteiger charge is -2.31. The van der Waals surface area contributed by atoms with Gasteiger partial charge in [-0.05, 0) is 41.8 Å². The summed E-state index contributed by atoms with van der Waals surface area (Å²) in [5.41, 5.74) is 3.46. The largest absolute Gasteiger partial charge is 0.442 e. The fourth-order valence-electron chi connectivity index (χ4n) is 3.75. The minimum atomic E-state index is -0.554. The standard InChI is InChI=1S/C22H22FN3O3/c1-2-21(27)24-12-18-14-26(22(28)29-18)17-7-8-20(19(23)11-17)25-10-9-15-5-3-4-6-16(15)13-25/h2-8,11,18H,1,9-10,12-14H2,(H,24,27). The summed E-state index contributed by atoms with van der Waals surface area (Å²) in [5.74, 6) is -0.712. The number of nitrogens with zero attached hydrogens (tertiary/aromatic N) is 2. The van der Waals surface area contributed by atoms with E-state index < -0.39 is 12.2 Å². The molecule has 1 atom stereocenters. The van der Waals surface area contributed by atoms with Gasteiger partial charge in [0.15, 0.2) is 0 Å². The van der Waals surface area contributed by atoms with Crippen molar-refractivity contribution in [2.75, 3.05) is 29.4 Å². The third-order valence-corrected chi connectivity index (χ3v) is 5.28. The molecule has 1 saturated heterocycles. The van der Waals surface area contributed by atoms with Gasteiger partial charge >= 0.3 is 6.09 Å². The Kier molecular flexibility index (Phi) is 5.20. The summed E-state index contributed by atoms with van der Waals surface area (Å²) in [6.07, 6.45) is 0.977. The summed E-state index contributed by atoms with van der Waals surface area (Å²) >= 11 is 0. The van der Waals surface area contributed by atoms with E-state index in [4.69, 9.17) is 4.74 Å². The molecule has 6 nitrogen and oxygen atoms in total. The maximum Gasteiger partial charge on any atom is 0.414 e. The predicted octanol–water partition coefficient (Wildman–Crippen LogP) is 3.02. The highest BCUT2D eigenvalue weighted by atomic mass is 19.1. The molecule has 0 aromatic heterocycles. The average molecular weight is 395 g/mol. The van der Waals surface area contributed by atoms with Crippen molar-refractivity contribution in [1.82, 2.24) is 5.32 Å². The van der Waals surface area contributed by atoms with Gasteiger partial charge in [0.2, 0.25) is 5.91 Å². The van der Waals surface area contributed by atoms with Crippen LogP contribution in [0.25, 0.3) is 0 Å². The second kappa shape index (κ2) is 7.95. The van der Waals surface area contributed by atoms with E-state index in [9.17, 15) is 14.0 Å². The summed E-state index contributed by atoms with van der Waals surface area (Å²) in [4.78, 5) is 26.8. The Balaban J connectivity index is 1.46. The Hall–Kier alpha value is -3.35. The molecule has 2 amide bonds. The molecular formula is C22H22FN3O3. The summed E-state index contributed by atoms with van der Waals surface area (Å²) in [6, 6.07) is 13.0. The molecule has 0 spiro atoms. The van der Waals surface area contributed by atoms with Crippen molar-refractivity contribution >= 4 is 23.4 Å². The molecule has 29 heavy (non-hydrogen) atoms. The molecule has 2 aromatic carbocycles. The number of carbonyl (C=O) groups excluding carboxylic acids is 2. The topological polar surface area (TPSA) is 61.9 Å². The Bertz CT molecular complexity index is 962.